The molecule has 116 valence electrons. The third-order valence-corrected chi connectivity index (χ3v) is 6.01. The molecule has 3 atom stereocenters. The van der Waals surface area contributed by atoms with E-state index in [1.165, 1.54) is 25.7 Å². The predicted octanol–water partition coefficient (Wildman–Crippen LogP) is 3.63. The van der Waals surface area contributed by atoms with E-state index in [0.29, 0.717) is 6.04 Å². The van der Waals surface area contributed by atoms with Gasteiger partial charge in [0, 0.05) is 12.6 Å². The van der Waals surface area contributed by atoms with Gasteiger partial charge in [-0.3, -0.25) is 9.69 Å². The van der Waals surface area contributed by atoms with Crippen LogP contribution in [0.15, 0.2) is 0 Å². The predicted molar refractivity (Wildman–Crippen MR) is 81.7 cm³/mol. The molecule has 2 rings (SSSR count). The van der Waals surface area contributed by atoms with Crippen LogP contribution in [0.5, 0.6) is 0 Å². The zero-order valence-electron chi connectivity index (χ0n) is 13.6. The van der Waals surface area contributed by atoms with Crippen LogP contribution < -0.4 is 0 Å². The summed E-state index contributed by atoms with van der Waals surface area (Å²) >= 11 is 0. The lowest BCUT2D eigenvalue weighted by Gasteiger charge is -2.38. The molecule has 1 N–H and O–H groups in total. The molecule has 0 spiro atoms. The van der Waals surface area contributed by atoms with E-state index in [0.717, 1.165) is 31.3 Å². The minimum atomic E-state index is -0.591. The summed E-state index contributed by atoms with van der Waals surface area (Å²) in [7, 11) is 0. The molecule has 3 heteroatoms. The first-order valence-electron chi connectivity index (χ1n) is 8.34. The molecule has 1 aliphatic heterocycles. The van der Waals surface area contributed by atoms with E-state index in [9.17, 15) is 9.90 Å². The van der Waals surface area contributed by atoms with Gasteiger partial charge in [-0.1, -0.05) is 40.5 Å². The lowest BCUT2D eigenvalue weighted by atomic mass is 9.76. The van der Waals surface area contributed by atoms with Crippen molar-refractivity contribution in [3.05, 3.63) is 0 Å². The van der Waals surface area contributed by atoms with Crippen LogP contribution in [0.4, 0.5) is 0 Å². The van der Waals surface area contributed by atoms with Crippen molar-refractivity contribution in [2.75, 3.05) is 13.1 Å². The van der Waals surface area contributed by atoms with Crippen LogP contribution in [0.1, 0.15) is 59.8 Å². The maximum atomic E-state index is 11.7. The highest BCUT2D eigenvalue weighted by Gasteiger charge is 2.48. The molecule has 1 heterocycles. The Morgan fingerprint density at radius 3 is 2.45 bits per heavy atom. The minimum Gasteiger partial charge on any atom is -0.481 e. The second-order valence-corrected chi connectivity index (χ2v) is 7.66. The number of rotatable bonds is 4. The third kappa shape index (κ3) is 2.88. The Kier molecular flexibility index (Phi) is 4.78. The van der Waals surface area contributed by atoms with E-state index in [1.807, 2.05) is 0 Å². The molecule has 3 unspecified atom stereocenters. The van der Waals surface area contributed by atoms with E-state index < -0.39 is 11.4 Å². The van der Waals surface area contributed by atoms with Crippen LogP contribution in [0.25, 0.3) is 0 Å². The fourth-order valence-electron chi connectivity index (χ4n) is 4.21. The Morgan fingerprint density at radius 1 is 1.25 bits per heavy atom. The fraction of sp³-hybridized carbons (Fsp3) is 0.941. The van der Waals surface area contributed by atoms with Crippen LogP contribution in [0.3, 0.4) is 0 Å². The number of carbonyl (C=O) groups is 1. The number of aliphatic carboxylic acids is 1. The molecule has 1 aliphatic carbocycles. The second-order valence-electron chi connectivity index (χ2n) is 7.66. The van der Waals surface area contributed by atoms with E-state index >= 15 is 0 Å². The molecular weight excluding hydrogens is 250 g/mol. The van der Waals surface area contributed by atoms with Crippen molar-refractivity contribution in [3.8, 4) is 0 Å². The molecule has 0 aromatic rings. The van der Waals surface area contributed by atoms with Gasteiger partial charge in [0.05, 0.1) is 5.41 Å². The van der Waals surface area contributed by atoms with E-state index in [-0.39, 0.29) is 5.92 Å². The van der Waals surface area contributed by atoms with Gasteiger partial charge in [-0.15, -0.1) is 0 Å². The maximum absolute atomic E-state index is 11.7. The smallest absolute Gasteiger partial charge is 0.311 e. The molecule has 0 bridgehead atoms. The van der Waals surface area contributed by atoms with Crippen molar-refractivity contribution in [1.82, 2.24) is 4.90 Å². The van der Waals surface area contributed by atoms with E-state index in [2.05, 4.69) is 32.6 Å². The lowest BCUT2D eigenvalue weighted by molar-refractivity contribution is -0.151. The number of hydrogen-bond acceptors (Lipinski definition) is 2. The highest BCUT2D eigenvalue weighted by Crippen LogP contribution is 2.42. The number of hydrogen-bond donors (Lipinski definition) is 1. The Balaban J connectivity index is 2.03. The lowest BCUT2D eigenvalue weighted by Crippen LogP contribution is -2.43. The third-order valence-electron chi connectivity index (χ3n) is 6.01. The first-order valence-corrected chi connectivity index (χ1v) is 8.34. The van der Waals surface area contributed by atoms with Crippen LogP contribution >= 0.6 is 0 Å². The molecule has 1 saturated carbocycles. The minimum absolute atomic E-state index is 0.217. The first-order chi connectivity index (χ1) is 9.36. The number of likely N-dealkylation sites (tertiary alicyclic amines) is 1. The normalized spacial score (nSPS) is 35.9. The van der Waals surface area contributed by atoms with Crippen molar-refractivity contribution in [2.24, 2.45) is 23.2 Å². The van der Waals surface area contributed by atoms with Gasteiger partial charge in [0.2, 0.25) is 0 Å². The van der Waals surface area contributed by atoms with Crippen LogP contribution in [-0.4, -0.2) is 35.1 Å². The summed E-state index contributed by atoms with van der Waals surface area (Å²) in [4.78, 5) is 14.2. The van der Waals surface area contributed by atoms with Gasteiger partial charge in [0.1, 0.15) is 0 Å². The summed E-state index contributed by atoms with van der Waals surface area (Å²) in [5, 5.41) is 9.66. The highest BCUT2D eigenvalue weighted by atomic mass is 16.4. The maximum Gasteiger partial charge on any atom is 0.311 e. The Morgan fingerprint density at radius 2 is 1.95 bits per heavy atom. The van der Waals surface area contributed by atoms with Crippen molar-refractivity contribution in [3.63, 3.8) is 0 Å². The molecule has 2 aliphatic rings. The zero-order chi connectivity index (χ0) is 14.9. The van der Waals surface area contributed by atoms with Gasteiger partial charge in [0.25, 0.3) is 0 Å². The largest absolute Gasteiger partial charge is 0.481 e. The molecule has 3 nitrogen and oxygen atoms in total. The average molecular weight is 281 g/mol. The Labute approximate surface area is 123 Å². The van der Waals surface area contributed by atoms with Gasteiger partial charge in [-0.2, -0.15) is 0 Å². The van der Waals surface area contributed by atoms with E-state index in [4.69, 9.17) is 0 Å². The first kappa shape index (κ1) is 15.8. The van der Waals surface area contributed by atoms with Crippen molar-refractivity contribution in [2.45, 2.75) is 65.8 Å². The number of carboxylic acids is 1. The molecule has 0 aromatic heterocycles. The SMILES string of the molecule is CC(C)C1CCCC(N2CCC(C(=O)O)(C(C)C)C2)C1. The summed E-state index contributed by atoms with van der Waals surface area (Å²) < 4.78 is 0. The summed E-state index contributed by atoms with van der Waals surface area (Å²) in [6, 6.07) is 0.621. The Hall–Kier alpha value is -0.570. The van der Waals surface area contributed by atoms with Gasteiger partial charge in [-0.05, 0) is 43.6 Å². The number of nitrogens with zero attached hydrogens (tertiary/aromatic N) is 1. The topological polar surface area (TPSA) is 40.5 Å². The summed E-state index contributed by atoms with van der Waals surface area (Å²) in [6.07, 6.45) is 6.02. The van der Waals surface area contributed by atoms with Gasteiger partial charge < -0.3 is 5.11 Å². The molecular formula is C17H31NO2. The zero-order valence-corrected chi connectivity index (χ0v) is 13.6. The molecule has 0 radical (unpaired) electrons. The van der Waals surface area contributed by atoms with Gasteiger partial charge in [0.15, 0.2) is 0 Å². The fourth-order valence-corrected chi connectivity index (χ4v) is 4.21. The van der Waals surface area contributed by atoms with Crippen molar-refractivity contribution in [1.29, 1.82) is 0 Å². The summed E-state index contributed by atoms with van der Waals surface area (Å²) in [6.45, 7) is 10.5. The monoisotopic (exact) mass is 281 g/mol. The molecule has 20 heavy (non-hydrogen) atoms. The van der Waals surface area contributed by atoms with Crippen molar-refractivity contribution >= 4 is 5.97 Å². The summed E-state index contributed by atoms with van der Waals surface area (Å²) in [5.41, 5.74) is -0.509. The summed E-state index contributed by atoms with van der Waals surface area (Å²) in [5.74, 6) is 1.21. The average Bonchev–Trinajstić information content (AvgIpc) is 2.85. The molecule has 0 aromatic carbocycles. The highest BCUT2D eigenvalue weighted by molar-refractivity contribution is 5.75. The van der Waals surface area contributed by atoms with Crippen molar-refractivity contribution < 1.29 is 9.90 Å². The molecule has 2 fully saturated rings. The molecule has 0 amide bonds. The van der Waals surface area contributed by atoms with Gasteiger partial charge >= 0.3 is 5.97 Å². The molecule has 1 saturated heterocycles. The van der Waals surface area contributed by atoms with Crippen LogP contribution in [0.2, 0.25) is 0 Å². The van der Waals surface area contributed by atoms with Crippen LogP contribution in [-0.2, 0) is 4.79 Å². The van der Waals surface area contributed by atoms with E-state index in [1.54, 1.807) is 0 Å². The quantitative estimate of drug-likeness (QED) is 0.855. The standard InChI is InChI=1S/C17H31NO2/c1-12(2)14-6-5-7-15(10-14)18-9-8-17(11-18,13(3)4)16(19)20/h12-15H,5-11H2,1-4H3,(H,19,20). The Bertz CT molecular complexity index is 353. The van der Waals surface area contributed by atoms with Gasteiger partial charge in [-0.25, -0.2) is 0 Å². The van der Waals surface area contributed by atoms with Crippen LogP contribution in [0, 0.1) is 23.2 Å². The number of carboxylic acid groups (broad SMARTS) is 1. The second kappa shape index (κ2) is 6.05.